The average molecular weight is 300 g/mol. The van der Waals surface area contributed by atoms with E-state index in [1.807, 2.05) is 6.07 Å². The number of hydrogen-bond acceptors (Lipinski definition) is 5. The number of hydrogen-bond donors (Lipinski definition) is 1. The van der Waals surface area contributed by atoms with Crippen molar-refractivity contribution in [1.82, 2.24) is 10.4 Å². The van der Waals surface area contributed by atoms with Crippen LogP contribution in [0.5, 0.6) is 0 Å². The van der Waals surface area contributed by atoms with Crippen molar-refractivity contribution in [1.29, 1.82) is 0 Å². The van der Waals surface area contributed by atoms with Crippen LogP contribution in [-0.2, 0) is 14.4 Å². The highest BCUT2D eigenvalue weighted by Crippen LogP contribution is 2.51. The molecule has 2 aliphatic heterocycles. The van der Waals surface area contributed by atoms with E-state index in [4.69, 9.17) is 9.57 Å². The molecule has 1 aromatic rings. The van der Waals surface area contributed by atoms with E-state index in [1.54, 1.807) is 6.92 Å². The zero-order chi connectivity index (χ0) is 15.3. The van der Waals surface area contributed by atoms with Crippen LogP contribution in [-0.4, -0.2) is 30.8 Å². The third kappa shape index (κ3) is 1.96. The number of likely N-dealkylation sites (N-methyl/N-ethyl adjacent to an activating group) is 1. The Morgan fingerprint density at radius 1 is 1.41 bits per heavy atom. The van der Waals surface area contributed by atoms with Crippen LogP contribution >= 0.6 is 0 Å². The molecule has 0 amide bonds. The van der Waals surface area contributed by atoms with Crippen molar-refractivity contribution >= 4 is 11.5 Å². The van der Waals surface area contributed by atoms with Crippen LogP contribution in [0.1, 0.15) is 36.9 Å². The Bertz CT molecular complexity index is 651. The molecule has 5 nitrogen and oxygen atoms in total. The highest BCUT2D eigenvalue weighted by Gasteiger charge is 2.47. The number of rotatable bonds is 3. The fourth-order valence-corrected chi connectivity index (χ4v) is 3.63. The molecule has 1 aromatic carbocycles. The Morgan fingerprint density at radius 3 is 2.91 bits per heavy atom. The normalized spacial score (nSPS) is 27.2. The van der Waals surface area contributed by atoms with Crippen LogP contribution in [0.25, 0.3) is 5.57 Å². The first-order valence-corrected chi connectivity index (χ1v) is 7.86. The van der Waals surface area contributed by atoms with Crippen LogP contribution in [0, 0.1) is 5.92 Å². The monoisotopic (exact) mass is 300 g/mol. The summed E-state index contributed by atoms with van der Waals surface area (Å²) in [5, 5.41) is 0. The van der Waals surface area contributed by atoms with Gasteiger partial charge in [-0.05, 0) is 43.9 Å². The number of carbonyl (C=O) groups excluding carboxylic acids is 1. The Morgan fingerprint density at radius 2 is 2.18 bits per heavy atom. The van der Waals surface area contributed by atoms with Crippen molar-refractivity contribution in [2.24, 2.45) is 5.92 Å². The van der Waals surface area contributed by atoms with Gasteiger partial charge in [0.15, 0.2) is 11.9 Å². The summed E-state index contributed by atoms with van der Waals surface area (Å²) in [7, 11) is 2.07. The van der Waals surface area contributed by atoms with Gasteiger partial charge in [-0.15, -0.1) is 0 Å². The lowest BCUT2D eigenvalue weighted by Crippen LogP contribution is -2.41. The minimum absolute atomic E-state index is 0.236. The fourth-order valence-electron chi connectivity index (χ4n) is 3.63. The second-order valence-corrected chi connectivity index (χ2v) is 6.12. The zero-order valence-corrected chi connectivity index (χ0v) is 12.8. The van der Waals surface area contributed by atoms with Gasteiger partial charge in [0.25, 0.3) is 0 Å². The predicted molar refractivity (Wildman–Crippen MR) is 81.2 cm³/mol. The predicted octanol–water partition coefficient (Wildman–Crippen LogP) is 2.22. The highest BCUT2D eigenvalue weighted by atomic mass is 16.7. The molecule has 0 unspecified atom stereocenters. The molecule has 4 rings (SSSR count). The van der Waals surface area contributed by atoms with Gasteiger partial charge in [0, 0.05) is 11.6 Å². The third-order valence-corrected chi connectivity index (χ3v) is 4.72. The minimum Gasteiger partial charge on any atom is -0.461 e. The molecule has 2 heterocycles. The van der Waals surface area contributed by atoms with Crippen molar-refractivity contribution in [3.63, 3.8) is 0 Å². The summed E-state index contributed by atoms with van der Waals surface area (Å²) in [4.78, 5) is 20.1. The molecular weight excluding hydrogens is 280 g/mol. The quantitative estimate of drug-likeness (QED) is 0.868. The van der Waals surface area contributed by atoms with Crippen LogP contribution in [0.15, 0.2) is 30.0 Å². The van der Waals surface area contributed by atoms with Crippen molar-refractivity contribution in [3.05, 3.63) is 41.1 Å². The SMILES string of the molecule is CCOC(=O)C1=C2c3ccccc3[C@H](C3CC3)N(C)[C@@H]2ON1. The summed E-state index contributed by atoms with van der Waals surface area (Å²) in [6.07, 6.45) is 2.28. The molecule has 1 aliphatic carbocycles. The van der Waals surface area contributed by atoms with E-state index in [9.17, 15) is 4.79 Å². The topological polar surface area (TPSA) is 50.8 Å². The summed E-state index contributed by atoms with van der Waals surface area (Å²) in [5.41, 5.74) is 6.52. The molecule has 2 atom stereocenters. The molecule has 5 heteroatoms. The number of hydroxylamine groups is 1. The molecule has 22 heavy (non-hydrogen) atoms. The fraction of sp³-hybridized carbons (Fsp3) is 0.471. The molecule has 0 bridgehead atoms. The van der Waals surface area contributed by atoms with Gasteiger partial charge < -0.3 is 4.74 Å². The number of benzene rings is 1. The Balaban J connectivity index is 1.85. The van der Waals surface area contributed by atoms with Crippen molar-refractivity contribution in [3.8, 4) is 0 Å². The largest absolute Gasteiger partial charge is 0.461 e. The van der Waals surface area contributed by atoms with E-state index in [0.29, 0.717) is 24.3 Å². The smallest absolute Gasteiger partial charge is 0.357 e. The van der Waals surface area contributed by atoms with Crippen molar-refractivity contribution < 1.29 is 14.4 Å². The highest BCUT2D eigenvalue weighted by molar-refractivity contribution is 5.99. The van der Waals surface area contributed by atoms with Gasteiger partial charge >= 0.3 is 5.97 Å². The average Bonchev–Trinajstić information content (AvgIpc) is 3.25. The number of nitrogens with one attached hydrogen (secondary N) is 1. The van der Waals surface area contributed by atoms with E-state index < -0.39 is 0 Å². The molecule has 1 saturated carbocycles. The van der Waals surface area contributed by atoms with Crippen molar-refractivity contribution in [2.75, 3.05) is 13.7 Å². The molecule has 0 spiro atoms. The molecule has 0 saturated heterocycles. The first kappa shape index (κ1) is 13.8. The third-order valence-electron chi connectivity index (χ3n) is 4.72. The summed E-state index contributed by atoms with van der Waals surface area (Å²) in [5.74, 6) is 0.330. The number of nitrogens with zero attached hydrogens (tertiary/aromatic N) is 1. The number of fused-ring (bicyclic) bond motifs is 3. The van der Waals surface area contributed by atoms with E-state index in [2.05, 4.69) is 35.6 Å². The van der Waals surface area contributed by atoms with Gasteiger partial charge in [0.1, 0.15) is 0 Å². The lowest BCUT2D eigenvalue weighted by atomic mass is 9.85. The van der Waals surface area contributed by atoms with Crippen molar-refractivity contribution in [2.45, 2.75) is 32.0 Å². The number of carbonyl (C=O) groups is 1. The first-order chi connectivity index (χ1) is 10.7. The second kappa shape index (κ2) is 5.11. The molecule has 3 aliphatic rings. The molecular formula is C17H20N2O3. The van der Waals surface area contributed by atoms with Crippen LogP contribution in [0.2, 0.25) is 0 Å². The standard InChI is InChI=1S/C17H20N2O3/c1-3-21-17(20)14-13-11-6-4-5-7-12(11)15(10-8-9-10)19(2)16(13)22-18-14/h4-7,10,15-16,18H,3,8-9H2,1-2H3/t15-,16+/m0/s1. The van der Waals surface area contributed by atoms with E-state index in [-0.39, 0.29) is 12.2 Å². The van der Waals surface area contributed by atoms with Gasteiger partial charge in [-0.1, -0.05) is 24.3 Å². The maximum absolute atomic E-state index is 12.2. The van der Waals surface area contributed by atoms with E-state index in [1.165, 1.54) is 18.4 Å². The molecule has 1 N–H and O–H groups in total. The number of ether oxygens (including phenoxy) is 1. The second-order valence-electron chi connectivity index (χ2n) is 6.12. The molecule has 1 fully saturated rings. The lowest BCUT2D eigenvalue weighted by Gasteiger charge is -2.39. The Labute approximate surface area is 129 Å². The summed E-state index contributed by atoms with van der Waals surface area (Å²) >= 11 is 0. The lowest BCUT2D eigenvalue weighted by molar-refractivity contribution is -0.140. The van der Waals surface area contributed by atoms with E-state index in [0.717, 1.165) is 11.1 Å². The van der Waals surface area contributed by atoms with Gasteiger partial charge in [-0.25, -0.2) is 4.79 Å². The molecule has 116 valence electrons. The van der Waals surface area contributed by atoms with Gasteiger partial charge in [-0.2, -0.15) is 0 Å². The minimum atomic E-state index is -0.354. The Kier molecular flexibility index (Phi) is 3.20. The number of esters is 1. The maximum Gasteiger partial charge on any atom is 0.357 e. The summed E-state index contributed by atoms with van der Waals surface area (Å²) in [6, 6.07) is 8.68. The van der Waals surface area contributed by atoms with E-state index >= 15 is 0 Å². The van der Waals surface area contributed by atoms with Crippen LogP contribution in [0.3, 0.4) is 0 Å². The zero-order valence-electron chi connectivity index (χ0n) is 12.8. The molecule has 0 radical (unpaired) electrons. The summed E-state index contributed by atoms with van der Waals surface area (Å²) in [6.45, 7) is 2.16. The maximum atomic E-state index is 12.2. The van der Waals surface area contributed by atoms with Crippen LogP contribution in [0.4, 0.5) is 0 Å². The van der Waals surface area contributed by atoms with Gasteiger partial charge in [0.05, 0.1) is 6.61 Å². The van der Waals surface area contributed by atoms with Crippen LogP contribution < -0.4 is 5.48 Å². The molecule has 0 aromatic heterocycles. The summed E-state index contributed by atoms with van der Waals surface area (Å²) < 4.78 is 5.15. The van der Waals surface area contributed by atoms with Gasteiger partial charge in [0.2, 0.25) is 0 Å². The first-order valence-electron chi connectivity index (χ1n) is 7.86. The Hall–Kier alpha value is -1.85. The van der Waals surface area contributed by atoms with Gasteiger partial charge in [-0.3, -0.25) is 15.2 Å².